The standard InChI is InChI=1S/C15H23NOS/c1-15(2,18-3)10-16-14-6-4-5-11-9-12(17)7-8-13(11)14/h7-9,14,16-17H,4-6,10H2,1-3H3. The van der Waals surface area contributed by atoms with Crippen LogP contribution in [0.1, 0.15) is 43.9 Å². The molecule has 100 valence electrons. The molecule has 0 amide bonds. The molecule has 1 atom stereocenters. The molecular formula is C15H23NOS. The Morgan fingerprint density at radius 3 is 2.94 bits per heavy atom. The number of rotatable bonds is 4. The number of thioether (sulfide) groups is 1. The monoisotopic (exact) mass is 265 g/mol. The Balaban J connectivity index is 2.08. The Morgan fingerprint density at radius 1 is 1.44 bits per heavy atom. The Bertz CT molecular complexity index is 417. The molecule has 2 nitrogen and oxygen atoms in total. The first-order valence-electron chi connectivity index (χ1n) is 6.62. The highest BCUT2D eigenvalue weighted by Gasteiger charge is 2.23. The minimum absolute atomic E-state index is 0.272. The van der Waals surface area contributed by atoms with Gasteiger partial charge in [-0.25, -0.2) is 0 Å². The topological polar surface area (TPSA) is 32.3 Å². The minimum Gasteiger partial charge on any atom is -0.508 e. The first-order chi connectivity index (χ1) is 8.52. The Hall–Kier alpha value is -0.670. The maximum absolute atomic E-state index is 9.55. The molecule has 0 heterocycles. The van der Waals surface area contributed by atoms with Crippen molar-refractivity contribution < 1.29 is 5.11 Å². The lowest BCUT2D eigenvalue weighted by atomic mass is 9.87. The van der Waals surface area contributed by atoms with Crippen LogP contribution in [0, 0.1) is 0 Å². The molecule has 0 aliphatic heterocycles. The molecule has 2 rings (SSSR count). The van der Waals surface area contributed by atoms with E-state index < -0.39 is 0 Å². The molecule has 3 heteroatoms. The van der Waals surface area contributed by atoms with Crippen molar-refractivity contribution in [3.63, 3.8) is 0 Å². The first-order valence-corrected chi connectivity index (χ1v) is 7.85. The van der Waals surface area contributed by atoms with E-state index in [1.807, 2.05) is 17.8 Å². The van der Waals surface area contributed by atoms with E-state index in [2.05, 4.69) is 31.5 Å². The predicted octanol–water partition coefficient (Wildman–Crippen LogP) is 3.50. The molecule has 0 fully saturated rings. The largest absolute Gasteiger partial charge is 0.508 e. The fourth-order valence-corrected chi connectivity index (χ4v) is 2.68. The normalized spacial score (nSPS) is 19.6. The van der Waals surface area contributed by atoms with Gasteiger partial charge in [-0.2, -0.15) is 11.8 Å². The summed E-state index contributed by atoms with van der Waals surface area (Å²) >= 11 is 1.90. The third-order valence-electron chi connectivity index (χ3n) is 3.77. The van der Waals surface area contributed by atoms with Crippen LogP contribution in [-0.4, -0.2) is 22.7 Å². The van der Waals surface area contributed by atoms with Gasteiger partial charge in [-0.1, -0.05) is 6.07 Å². The van der Waals surface area contributed by atoms with Crippen LogP contribution in [0.4, 0.5) is 0 Å². The fraction of sp³-hybridized carbons (Fsp3) is 0.600. The number of benzene rings is 1. The fourth-order valence-electron chi connectivity index (χ4n) is 2.45. The summed E-state index contributed by atoms with van der Waals surface area (Å²) in [5.41, 5.74) is 2.68. The summed E-state index contributed by atoms with van der Waals surface area (Å²) < 4.78 is 0.272. The zero-order valence-corrected chi connectivity index (χ0v) is 12.3. The van der Waals surface area contributed by atoms with E-state index in [0.29, 0.717) is 11.8 Å². The Morgan fingerprint density at radius 2 is 2.22 bits per heavy atom. The smallest absolute Gasteiger partial charge is 0.115 e. The third-order valence-corrected chi connectivity index (χ3v) is 5.02. The summed E-state index contributed by atoms with van der Waals surface area (Å²) in [6.07, 6.45) is 5.65. The molecule has 1 aromatic rings. The molecule has 0 saturated heterocycles. The Labute approximate surface area is 114 Å². The van der Waals surface area contributed by atoms with Crippen LogP contribution in [0.2, 0.25) is 0 Å². The lowest BCUT2D eigenvalue weighted by Crippen LogP contribution is -2.35. The van der Waals surface area contributed by atoms with Crippen molar-refractivity contribution in [1.82, 2.24) is 5.32 Å². The van der Waals surface area contributed by atoms with Gasteiger partial charge in [-0.15, -0.1) is 0 Å². The molecule has 0 aromatic heterocycles. The number of hydrogen-bond acceptors (Lipinski definition) is 3. The van der Waals surface area contributed by atoms with Gasteiger partial charge in [-0.3, -0.25) is 0 Å². The van der Waals surface area contributed by atoms with Gasteiger partial charge >= 0.3 is 0 Å². The number of phenolic OH excluding ortho intramolecular Hbond substituents is 1. The zero-order valence-electron chi connectivity index (χ0n) is 11.5. The van der Waals surface area contributed by atoms with Crippen molar-refractivity contribution in [3.05, 3.63) is 29.3 Å². The average molecular weight is 265 g/mol. The number of aryl methyl sites for hydroxylation is 1. The SMILES string of the molecule is CSC(C)(C)CNC1CCCc2cc(O)ccc21. The van der Waals surface area contributed by atoms with Crippen molar-refractivity contribution in [3.8, 4) is 5.75 Å². The van der Waals surface area contributed by atoms with Gasteiger partial charge in [0.25, 0.3) is 0 Å². The summed E-state index contributed by atoms with van der Waals surface area (Å²) in [4.78, 5) is 0. The van der Waals surface area contributed by atoms with Crippen LogP contribution in [0.25, 0.3) is 0 Å². The van der Waals surface area contributed by atoms with E-state index in [-0.39, 0.29) is 4.75 Å². The molecule has 1 aromatic carbocycles. The van der Waals surface area contributed by atoms with E-state index in [1.54, 1.807) is 6.07 Å². The summed E-state index contributed by atoms with van der Waals surface area (Å²) in [5, 5.41) is 13.2. The minimum atomic E-state index is 0.272. The number of nitrogens with one attached hydrogen (secondary N) is 1. The van der Waals surface area contributed by atoms with Gasteiger partial charge in [0.05, 0.1) is 0 Å². The second-order valence-corrected chi connectivity index (χ2v) is 7.19. The second-order valence-electron chi connectivity index (χ2n) is 5.67. The van der Waals surface area contributed by atoms with Crippen molar-refractivity contribution in [2.24, 2.45) is 0 Å². The van der Waals surface area contributed by atoms with Gasteiger partial charge in [0.2, 0.25) is 0 Å². The molecule has 0 radical (unpaired) electrons. The highest BCUT2D eigenvalue weighted by atomic mass is 32.2. The van der Waals surface area contributed by atoms with Crippen molar-refractivity contribution in [2.75, 3.05) is 12.8 Å². The molecule has 1 aliphatic carbocycles. The second kappa shape index (κ2) is 5.54. The molecule has 18 heavy (non-hydrogen) atoms. The molecule has 0 bridgehead atoms. The Kier molecular flexibility index (Phi) is 4.23. The van der Waals surface area contributed by atoms with Gasteiger partial charge in [0.15, 0.2) is 0 Å². The lowest BCUT2D eigenvalue weighted by Gasteiger charge is -2.30. The number of hydrogen-bond donors (Lipinski definition) is 2. The molecular weight excluding hydrogens is 242 g/mol. The maximum Gasteiger partial charge on any atom is 0.115 e. The van der Waals surface area contributed by atoms with Gasteiger partial charge in [0, 0.05) is 17.3 Å². The van der Waals surface area contributed by atoms with E-state index in [1.165, 1.54) is 24.0 Å². The van der Waals surface area contributed by atoms with Crippen LogP contribution in [0.3, 0.4) is 0 Å². The number of phenols is 1. The number of aromatic hydroxyl groups is 1. The van der Waals surface area contributed by atoms with Crippen LogP contribution in [0.15, 0.2) is 18.2 Å². The highest BCUT2D eigenvalue weighted by Crippen LogP contribution is 2.32. The quantitative estimate of drug-likeness (QED) is 0.874. The molecule has 1 unspecified atom stereocenters. The summed E-state index contributed by atoms with van der Waals surface area (Å²) in [6.45, 7) is 5.55. The van der Waals surface area contributed by atoms with Crippen molar-refractivity contribution >= 4 is 11.8 Å². The van der Waals surface area contributed by atoms with E-state index in [9.17, 15) is 5.11 Å². The van der Waals surface area contributed by atoms with E-state index >= 15 is 0 Å². The zero-order chi connectivity index (χ0) is 13.2. The average Bonchev–Trinajstić information content (AvgIpc) is 2.36. The van der Waals surface area contributed by atoms with Gasteiger partial charge in [0.1, 0.15) is 5.75 Å². The van der Waals surface area contributed by atoms with Gasteiger partial charge in [-0.05, 0) is 62.6 Å². The third kappa shape index (κ3) is 3.21. The van der Waals surface area contributed by atoms with Crippen molar-refractivity contribution in [1.29, 1.82) is 0 Å². The first kappa shape index (κ1) is 13.8. The van der Waals surface area contributed by atoms with Crippen LogP contribution < -0.4 is 5.32 Å². The maximum atomic E-state index is 9.55. The molecule has 1 aliphatic rings. The lowest BCUT2D eigenvalue weighted by molar-refractivity contribution is 0.435. The highest BCUT2D eigenvalue weighted by molar-refractivity contribution is 7.99. The van der Waals surface area contributed by atoms with E-state index in [4.69, 9.17) is 0 Å². The number of fused-ring (bicyclic) bond motifs is 1. The molecule has 0 saturated carbocycles. The summed E-state index contributed by atoms with van der Waals surface area (Å²) in [5.74, 6) is 0.388. The summed E-state index contributed by atoms with van der Waals surface area (Å²) in [6, 6.07) is 6.25. The van der Waals surface area contributed by atoms with Crippen molar-refractivity contribution in [2.45, 2.75) is 43.9 Å². The van der Waals surface area contributed by atoms with Gasteiger partial charge < -0.3 is 10.4 Å². The molecule has 2 N–H and O–H groups in total. The van der Waals surface area contributed by atoms with Crippen LogP contribution >= 0.6 is 11.8 Å². The van der Waals surface area contributed by atoms with E-state index in [0.717, 1.165) is 13.0 Å². The summed E-state index contributed by atoms with van der Waals surface area (Å²) in [7, 11) is 0. The van der Waals surface area contributed by atoms with Crippen LogP contribution in [-0.2, 0) is 6.42 Å². The molecule has 0 spiro atoms. The predicted molar refractivity (Wildman–Crippen MR) is 79.4 cm³/mol. The van der Waals surface area contributed by atoms with Crippen LogP contribution in [0.5, 0.6) is 5.75 Å².